The minimum atomic E-state index is -0.929. The number of primary amides is 1. The number of carbonyl (C=O) groups is 3. The number of aromatic nitrogens is 1. The van der Waals surface area contributed by atoms with Crippen molar-refractivity contribution in [1.82, 2.24) is 15.2 Å². The van der Waals surface area contributed by atoms with Crippen molar-refractivity contribution in [3.05, 3.63) is 58.6 Å². The first-order valence-corrected chi connectivity index (χ1v) is 11.7. The average Bonchev–Trinajstić information content (AvgIpc) is 3.50. The first-order valence-electron chi connectivity index (χ1n) is 11.3. The molecule has 0 unspecified atom stereocenters. The largest absolute Gasteiger partial charge is 0.379 e. The lowest BCUT2D eigenvalue weighted by molar-refractivity contribution is -0.140. The van der Waals surface area contributed by atoms with Gasteiger partial charge in [-0.1, -0.05) is 23.7 Å². The molecule has 0 radical (unpaired) electrons. The SMILES string of the molecule is CO[C@@H]1CCN(C(=O)CNc2ccncc2C(=N)C(N)=O)[C@@H]1C(=O)NC1(c2cccc(Cl)c2F)CC1. The highest BCUT2D eigenvalue weighted by atomic mass is 35.5. The van der Waals surface area contributed by atoms with Crippen LogP contribution in [0.25, 0.3) is 0 Å². The Bertz CT molecular complexity index is 1220. The summed E-state index contributed by atoms with van der Waals surface area (Å²) < 4.78 is 20.2. The minimum Gasteiger partial charge on any atom is -0.379 e. The van der Waals surface area contributed by atoms with Gasteiger partial charge in [-0.25, -0.2) is 4.39 Å². The summed E-state index contributed by atoms with van der Waals surface area (Å²) in [7, 11) is 1.47. The van der Waals surface area contributed by atoms with E-state index in [1.165, 1.54) is 36.5 Å². The molecule has 1 aliphatic heterocycles. The second kappa shape index (κ2) is 10.2. The van der Waals surface area contributed by atoms with Crippen LogP contribution in [0.2, 0.25) is 5.02 Å². The van der Waals surface area contributed by atoms with Crippen LogP contribution in [0.4, 0.5) is 10.1 Å². The van der Waals surface area contributed by atoms with Gasteiger partial charge >= 0.3 is 0 Å². The van der Waals surface area contributed by atoms with Gasteiger partial charge in [0.2, 0.25) is 11.8 Å². The van der Waals surface area contributed by atoms with Crippen molar-refractivity contribution in [2.45, 2.75) is 36.9 Å². The lowest BCUT2D eigenvalue weighted by atomic mass is 10.0. The molecule has 1 aliphatic carbocycles. The van der Waals surface area contributed by atoms with Gasteiger partial charge in [-0.2, -0.15) is 0 Å². The lowest BCUT2D eigenvalue weighted by Gasteiger charge is -2.29. The van der Waals surface area contributed by atoms with E-state index < -0.39 is 41.0 Å². The molecule has 4 rings (SSSR count). The Hall–Kier alpha value is -3.57. The minimum absolute atomic E-state index is 0.0218. The maximum absolute atomic E-state index is 14.7. The van der Waals surface area contributed by atoms with Crippen LogP contribution in [0.1, 0.15) is 30.4 Å². The number of halogens is 2. The number of rotatable bonds is 9. The standard InChI is InChI=1S/C24H26ClFN6O4/c1-36-17-6-10-32(18(33)12-30-16-5-9-29-11-13(16)20(27)22(28)34)21(17)23(35)31-24(7-8-24)14-3-2-4-15(25)19(14)26/h2-5,9,11,17,21,27H,6-8,10,12H2,1H3,(H2,28,34)(H,29,30)(H,31,35)/t17-,21+/m1/s1. The predicted molar refractivity (Wildman–Crippen MR) is 130 cm³/mol. The fraction of sp³-hybridized carbons (Fsp3) is 0.375. The molecule has 0 spiro atoms. The number of pyridine rings is 1. The molecule has 10 nitrogen and oxygen atoms in total. The summed E-state index contributed by atoms with van der Waals surface area (Å²) >= 11 is 5.94. The molecule has 2 fully saturated rings. The quantitative estimate of drug-likeness (QED) is 0.371. The van der Waals surface area contributed by atoms with E-state index in [9.17, 15) is 18.8 Å². The molecule has 12 heteroatoms. The number of hydrogen-bond acceptors (Lipinski definition) is 7. The predicted octanol–water partition coefficient (Wildman–Crippen LogP) is 1.56. The van der Waals surface area contributed by atoms with E-state index in [-0.39, 0.29) is 29.6 Å². The Morgan fingerprint density at radius 2 is 2.08 bits per heavy atom. The third-order valence-corrected chi connectivity index (χ3v) is 6.87. The van der Waals surface area contributed by atoms with E-state index in [0.29, 0.717) is 30.5 Å². The smallest absolute Gasteiger partial charge is 0.267 e. The summed E-state index contributed by atoms with van der Waals surface area (Å²) in [6.07, 6.45) is 3.76. The summed E-state index contributed by atoms with van der Waals surface area (Å²) in [6.45, 7) is 0.0767. The van der Waals surface area contributed by atoms with Crippen LogP contribution in [0.3, 0.4) is 0 Å². The molecule has 1 aromatic carbocycles. The Morgan fingerprint density at radius 3 is 2.75 bits per heavy atom. The van der Waals surface area contributed by atoms with Crippen LogP contribution in [0.15, 0.2) is 36.7 Å². The summed E-state index contributed by atoms with van der Waals surface area (Å²) in [6, 6.07) is 5.28. The van der Waals surface area contributed by atoms with Gasteiger partial charge in [0.25, 0.3) is 5.91 Å². The van der Waals surface area contributed by atoms with Gasteiger partial charge in [-0.15, -0.1) is 0 Å². The van der Waals surface area contributed by atoms with Crippen LogP contribution < -0.4 is 16.4 Å². The molecule has 190 valence electrons. The number of anilines is 1. The van der Waals surface area contributed by atoms with E-state index >= 15 is 0 Å². The Kier molecular flexibility index (Phi) is 7.23. The molecule has 1 saturated carbocycles. The van der Waals surface area contributed by atoms with Gasteiger partial charge in [-0.05, 0) is 31.4 Å². The second-order valence-electron chi connectivity index (χ2n) is 8.78. The molecule has 5 N–H and O–H groups in total. The first-order chi connectivity index (χ1) is 17.2. The van der Waals surface area contributed by atoms with Crippen molar-refractivity contribution in [2.24, 2.45) is 5.73 Å². The van der Waals surface area contributed by atoms with E-state index in [0.717, 1.165) is 0 Å². The second-order valence-corrected chi connectivity index (χ2v) is 9.19. The highest BCUT2D eigenvalue weighted by Crippen LogP contribution is 2.47. The van der Waals surface area contributed by atoms with Crippen molar-refractivity contribution < 1.29 is 23.5 Å². The van der Waals surface area contributed by atoms with Gasteiger partial charge in [0.1, 0.15) is 17.6 Å². The molecule has 2 aromatic rings. The molecule has 0 bridgehead atoms. The van der Waals surface area contributed by atoms with Crippen LogP contribution >= 0.6 is 11.6 Å². The van der Waals surface area contributed by atoms with E-state index in [2.05, 4.69) is 15.6 Å². The fourth-order valence-electron chi connectivity index (χ4n) is 4.52. The topological polar surface area (TPSA) is 150 Å². The number of benzene rings is 1. The van der Waals surface area contributed by atoms with Crippen LogP contribution in [0, 0.1) is 11.2 Å². The van der Waals surface area contributed by atoms with Gasteiger partial charge in [0.15, 0.2) is 0 Å². The summed E-state index contributed by atoms with van der Waals surface area (Å²) in [5.74, 6) is -2.33. The van der Waals surface area contributed by atoms with Crippen molar-refractivity contribution in [3.63, 3.8) is 0 Å². The third-order valence-electron chi connectivity index (χ3n) is 6.58. The number of amides is 3. The van der Waals surface area contributed by atoms with Crippen molar-refractivity contribution in [3.8, 4) is 0 Å². The number of nitrogens with two attached hydrogens (primary N) is 1. The van der Waals surface area contributed by atoms with Crippen LogP contribution in [-0.2, 0) is 24.7 Å². The average molecular weight is 517 g/mol. The summed E-state index contributed by atoms with van der Waals surface area (Å²) in [5.41, 5.74) is 4.69. The zero-order valence-corrected chi connectivity index (χ0v) is 20.3. The zero-order valence-electron chi connectivity index (χ0n) is 19.5. The van der Waals surface area contributed by atoms with Gasteiger partial charge in [0, 0.05) is 42.9 Å². The summed E-state index contributed by atoms with van der Waals surface area (Å²) in [4.78, 5) is 43.3. The number of nitrogens with one attached hydrogen (secondary N) is 3. The van der Waals surface area contributed by atoms with Gasteiger partial charge in [-0.3, -0.25) is 24.8 Å². The fourth-order valence-corrected chi connectivity index (χ4v) is 4.70. The van der Waals surface area contributed by atoms with Crippen molar-refractivity contribution >= 4 is 40.7 Å². The first kappa shape index (κ1) is 25.5. The molecule has 1 aromatic heterocycles. The Morgan fingerprint density at radius 1 is 1.33 bits per heavy atom. The Labute approximate surface area is 211 Å². The Balaban J connectivity index is 1.49. The zero-order chi connectivity index (χ0) is 26.0. The van der Waals surface area contributed by atoms with Gasteiger partial charge < -0.3 is 26.0 Å². The number of ether oxygens (including phenoxy) is 1. The number of likely N-dealkylation sites (tertiary alicyclic amines) is 1. The number of carbonyl (C=O) groups excluding carboxylic acids is 3. The molecule has 1 saturated heterocycles. The summed E-state index contributed by atoms with van der Waals surface area (Å²) in [5, 5.41) is 13.7. The maximum atomic E-state index is 14.7. The highest BCUT2D eigenvalue weighted by Gasteiger charge is 2.51. The van der Waals surface area contributed by atoms with E-state index in [1.807, 2.05) is 0 Å². The molecule has 36 heavy (non-hydrogen) atoms. The molecule has 3 amide bonds. The van der Waals surface area contributed by atoms with E-state index in [1.54, 1.807) is 12.1 Å². The number of nitrogens with zero attached hydrogens (tertiary/aromatic N) is 2. The van der Waals surface area contributed by atoms with Crippen LogP contribution in [-0.4, -0.2) is 65.7 Å². The van der Waals surface area contributed by atoms with Crippen molar-refractivity contribution in [2.75, 3.05) is 25.5 Å². The maximum Gasteiger partial charge on any atom is 0.267 e. The van der Waals surface area contributed by atoms with Crippen LogP contribution in [0.5, 0.6) is 0 Å². The van der Waals surface area contributed by atoms with Crippen molar-refractivity contribution in [1.29, 1.82) is 5.41 Å². The molecule has 2 atom stereocenters. The molecule has 2 aliphatic rings. The number of hydrogen-bond donors (Lipinski definition) is 4. The molecular formula is C24H26ClFN6O4. The highest BCUT2D eigenvalue weighted by molar-refractivity contribution is 6.44. The normalized spacial score (nSPS) is 20.0. The van der Waals surface area contributed by atoms with Gasteiger partial charge in [0.05, 0.1) is 23.2 Å². The number of methoxy groups -OCH3 is 1. The monoisotopic (exact) mass is 516 g/mol. The molecular weight excluding hydrogens is 491 g/mol. The third kappa shape index (κ3) is 4.89. The molecule has 2 heterocycles. The lowest BCUT2D eigenvalue weighted by Crippen LogP contribution is -2.54. The van der Waals surface area contributed by atoms with E-state index in [4.69, 9.17) is 27.5 Å².